The van der Waals surface area contributed by atoms with E-state index < -0.39 is 31.4 Å². The van der Waals surface area contributed by atoms with Crippen molar-refractivity contribution in [3.05, 3.63) is 34.1 Å². The Kier molecular flexibility index (Phi) is 4.81. The van der Waals surface area contributed by atoms with Gasteiger partial charge in [-0.05, 0) is 12.1 Å². The zero-order valence-corrected chi connectivity index (χ0v) is 10.3. The molecule has 76 valence electrons. The maximum absolute atomic E-state index is 12.8. The minimum absolute atomic E-state index is 0. The van der Waals surface area contributed by atoms with Gasteiger partial charge in [-0.1, -0.05) is 6.07 Å². The summed E-state index contributed by atoms with van der Waals surface area (Å²) in [6.07, 6.45) is 0. The molecule has 0 spiro atoms. The second-order valence-electron chi connectivity index (χ2n) is 2.30. The summed E-state index contributed by atoms with van der Waals surface area (Å²) in [6, 6.07) is 2.30. The summed E-state index contributed by atoms with van der Waals surface area (Å²) < 4.78 is 44.2. The van der Waals surface area contributed by atoms with Crippen LogP contribution in [0.1, 0.15) is 0 Å². The maximum atomic E-state index is 12.8. The standard InChI is InChI=1S/C6H4FNO5S.Na/c7-4-2-1-3-5(14(11,12)13)6(4)8(9)10;/h1-3H,(H,11,12,13);/q;+1/p-1. The van der Waals surface area contributed by atoms with Gasteiger partial charge in [0.25, 0.3) is 0 Å². The Labute approximate surface area is 106 Å². The van der Waals surface area contributed by atoms with Crippen LogP contribution >= 0.6 is 0 Å². The minimum Gasteiger partial charge on any atom is -0.744 e. The molecule has 0 saturated heterocycles. The fourth-order valence-electron chi connectivity index (χ4n) is 0.874. The van der Waals surface area contributed by atoms with Crippen LogP contribution in [0.2, 0.25) is 0 Å². The van der Waals surface area contributed by atoms with Crippen LogP contribution in [0.4, 0.5) is 10.1 Å². The summed E-state index contributed by atoms with van der Waals surface area (Å²) in [7, 11) is -5.03. The van der Waals surface area contributed by atoms with Crippen LogP contribution in [0, 0.1) is 15.9 Å². The van der Waals surface area contributed by atoms with Crippen molar-refractivity contribution in [1.82, 2.24) is 0 Å². The van der Waals surface area contributed by atoms with Crippen molar-refractivity contribution in [2.45, 2.75) is 4.90 Å². The van der Waals surface area contributed by atoms with Gasteiger partial charge in [0.1, 0.15) is 15.0 Å². The first-order valence-corrected chi connectivity index (χ1v) is 4.63. The van der Waals surface area contributed by atoms with E-state index in [1.54, 1.807) is 0 Å². The monoisotopic (exact) mass is 243 g/mol. The van der Waals surface area contributed by atoms with Crippen molar-refractivity contribution >= 4 is 15.8 Å². The fraction of sp³-hybridized carbons (Fsp3) is 0. The molecule has 0 amide bonds. The summed E-state index contributed by atoms with van der Waals surface area (Å²) in [6.45, 7) is 0. The molecular weight excluding hydrogens is 240 g/mol. The van der Waals surface area contributed by atoms with Crippen LogP contribution in [-0.4, -0.2) is 17.9 Å². The van der Waals surface area contributed by atoms with Gasteiger partial charge in [-0.2, -0.15) is 4.39 Å². The number of nitro groups is 1. The third-order valence-electron chi connectivity index (χ3n) is 1.40. The van der Waals surface area contributed by atoms with Crippen molar-refractivity contribution in [1.29, 1.82) is 0 Å². The summed E-state index contributed by atoms with van der Waals surface area (Å²) >= 11 is 0. The van der Waals surface area contributed by atoms with E-state index in [9.17, 15) is 27.5 Å². The van der Waals surface area contributed by atoms with Crippen LogP contribution < -0.4 is 29.6 Å². The van der Waals surface area contributed by atoms with Gasteiger partial charge in [0.15, 0.2) is 0 Å². The van der Waals surface area contributed by atoms with Crippen LogP contribution in [0.5, 0.6) is 0 Å². The van der Waals surface area contributed by atoms with Crippen LogP contribution in [-0.2, 0) is 10.1 Å². The minimum atomic E-state index is -5.03. The zero-order valence-electron chi connectivity index (χ0n) is 7.51. The topological polar surface area (TPSA) is 100 Å². The van der Waals surface area contributed by atoms with Gasteiger partial charge in [-0.15, -0.1) is 0 Å². The van der Waals surface area contributed by atoms with E-state index in [0.717, 1.165) is 6.07 Å². The zero-order chi connectivity index (χ0) is 10.9. The predicted molar refractivity (Wildman–Crippen MR) is 41.0 cm³/mol. The number of rotatable bonds is 2. The second kappa shape index (κ2) is 4.99. The molecule has 0 unspecified atom stereocenters. The van der Waals surface area contributed by atoms with Crippen LogP contribution in [0.15, 0.2) is 23.1 Å². The first-order valence-electron chi connectivity index (χ1n) is 3.23. The molecule has 0 atom stereocenters. The Balaban J connectivity index is 0.00000196. The quantitative estimate of drug-likeness (QED) is 0.250. The molecule has 0 fully saturated rings. The van der Waals surface area contributed by atoms with Crippen molar-refractivity contribution in [3.63, 3.8) is 0 Å². The summed E-state index contributed by atoms with van der Waals surface area (Å²) in [5, 5.41) is 10.3. The molecule has 0 aliphatic carbocycles. The molecule has 0 radical (unpaired) electrons. The molecule has 0 aliphatic heterocycles. The van der Waals surface area contributed by atoms with Crippen LogP contribution in [0.25, 0.3) is 0 Å². The molecule has 0 saturated carbocycles. The van der Waals surface area contributed by atoms with E-state index in [0.29, 0.717) is 12.1 Å². The molecule has 0 heterocycles. The van der Waals surface area contributed by atoms with Gasteiger partial charge in [0, 0.05) is 0 Å². The average Bonchev–Trinajstić information content (AvgIpc) is 2.01. The van der Waals surface area contributed by atoms with Gasteiger partial charge in [-0.25, -0.2) is 8.42 Å². The van der Waals surface area contributed by atoms with Crippen molar-refractivity contribution in [2.24, 2.45) is 0 Å². The normalized spacial score (nSPS) is 10.5. The Morgan fingerprint density at radius 1 is 1.33 bits per heavy atom. The smallest absolute Gasteiger partial charge is 0.744 e. The molecule has 0 bridgehead atoms. The van der Waals surface area contributed by atoms with Gasteiger partial charge in [0.2, 0.25) is 5.82 Å². The Hall–Kier alpha value is -0.540. The number of halogens is 1. The Morgan fingerprint density at radius 3 is 2.20 bits per heavy atom. The molecule has 0 N–H and O–H groups in total. The number of benzene rings is 1. The van der Waals surface area contributed by atoms with Gasteiger partial charge >= 0.3 is 35.2 Å². The summed E-state index contributed by atoms with van der Waals surface area (Å²) in [5.74, 6) is -1.35. The van der Waals surface area contributed by atoms with E-state index in [4.69, 9.17) is 0 Å². The molecule has 6 nitrogen and oxygen atoms in total. The Morgan fingerprint density at radius 2 is 1.87 bits per heavy atom. The van der Waals surface area contributed by atoms with Crippen LogP contribution in [0.3, 0.4) is 0 Å². The van der Waals surface area contributed by atoms with E-state index in [2.05, 4.69) is 0 Å². The molecule has 9 heteroatoms. The van der Waals surface area contributed by atoms with E-state index in [-0.39, 0.29) is 29.6 Å². The van der Waals surface area contributed by atoms with Gasteiger partial charge in [-0.3, -0.25) is 10.1 Å². The maximum Gasteiger partial charge on any atom is 1.00 e. The summed E-state index contributed by atoms with van der Waals surface area (Å²) in [5.41, 5.74) is -1.32. The summed E-state index contributed by atoms with van der Waals surface area (Å²) in [4.78, 5) is 7.84. The number of hydrogen-bond acceptors (Lipinski definition) is 5. The number of nitro benzene ring substituents is 1. The van der Waals surface area contributed by atoms with E-state index in [1.807, 2.05) is 0 Å². The molecule has 0 aromatic heterocycles. The molecular formula is C6H3FNNaO5S. The number of para-hydroxylation sites is 1. The third kappa shape index (κ3) is 3.21. The van der Waals surface area contributed by atoms with E-state index in [1.165, 1.54) is 0 Å². The second-order valence-corrected chi connectivity index (χ2v) is 3.65. The molecule has 15 heavy (non-hydrogen) atoms. The third-order valence-corrected chi connectivity index (χ3v) is 2.27. The first kappa shape index (κ1) is 14.5. The van der Waals surface area contributed by atoms with Gasteiger partial charge in [0.05, 0.1) is 4.92 Å². The van der Waals surface area contributed by atoms with Crippen molar-refractivity contribution in [2.75, 3.05) is 0 Å². The van der Waals surface area contributed by atoms with Crippen molar-refractivity contribution < 1.29 is 51.8 Å². The molecule has 1 rings (SSSR count). The largest absolute Gasteiger partial charge is 1.00 e. The average molecular weight is 243 g/mol. The molecule has 1 aromatic rings. The molecule has 0 aliphatic rings. The van der Waals surface area contributed by atoms with Crippen molar-refractivity contribution in [3.8, 4) is 0 Å². The Bertz CT molecular complexity index is 488. The SMILES string of the molecule is O=[N+]([O-])c1c(F)cccc1S(=O)(=O)[O-].[Na+]. The van der Waals surface area contributed by atoms with Gasteiger partial charge < -0.3 is 4.55 Å². The fourth-order valence-corrected chi connectivity index (χ4v) is 1.53. The van der Waals surface area contributed by atoms with E-state index >= 15 is 0 Å². The predicted octanol–water partition coefficient (Wildman–Crippen LogP) is -2.36. The molecule has 1 aromatic carbocycles. The first-order chi connectivity index (χ1) is 6.34. The number of nitrogens with zero attached hydrogens (tertiary/aromatic N) is 1. The number of hydrogen-bond donors (Lipinski definition) is 0.